The van der Waals surface area contributed by atoms with Crippen molar-refractivity contribution < 1.29 is 115 Å². The van der Waals surface area contributed by atoms with Crippen LogP contribution in [-0.4, -0.2) is 250 Å². The first kappa shape index (κ1) is 78.7. The summed E-state index contributed by atoms with van der Waals surface area (Å²) in [5, 5.41) is 0. The Balaban J connectivity index is -0.000000291. The molecule has 0 aliphatic carbocycles. The smallest absolute Gasteiger partial charge is 0.382 e. The van der Waals surface area contributed by atoms with Gasteiger partial charge in [-0.15, -0.1) is 11.6 Å². The van der Waals surface area contributed by atoms with Crippen LogP contribution in [0.1, 0.15) is 53.4 Å². The van der Waals surface area contributed by atoms with Crippen LogP contribution in [0.3, 0.4) is 0 Å². The number of alkyl halides is 1. The minimum atomic E-state index is -0.0966. The standard InChI is InChI=1S/C16H34O6.C15H31ClO6.C15H33NO6.N3.Na/c1-5-15(13-18-4)22-16(6-2)14-21-12-11-20-10-9-19-8-7-17-3;2*1-4-14(22-15(11-16)12-18-3)13-21-10-9-20-8-7-19-6-5-17-2;1-3-2;/h15-16H,5-14H2,1-4H3;14-15H,4-13H2,1-3H3;14-15H,4-13,16H2,1-3H3;;/q;;;-1;+1. The predicted molar refractivity (Wildman–Crippen MR) is 266 cm³/mol. The van der Waals surface area contributed by atoms with E-state index in [1.165, 1.54) is 4.91 Å². The predicted octanol–water partition coefficient (Wildman–Crippen LogP) is 1.96. The van der Waals surface area contributed by atoms with Gasteiger partial charge in [-0.3, -0.25) is 4.91 Å². The molecule has 0 aromatic carbocycles. The van der Waals surface area contributed by atoms with Gasteiger partial charge in [0.15, 0.2) is 0 Å². The van der Waals surface area contributed by atoms with Crippen LogP contribution in [0, 0.1) is 0 Å². The molecule has 0 saturated heterocycles. The molecule has 0 heterocycles. The van der Waals surface area contributed by atoms with E-state index in [0.29, 0.717) is 171 Å². The Labute approximate surface area is 449 Å². The van der Waals surface area contributed by atoms with Crippen molar-refractivity contribution in [3.8, 4) is 0 Å². The molecule has 24 heteroatoms. The number of rotatable bonds is 51. The average Bonchev–Trinajstić information content (AvgIpc) is 3.36. The first-order valence-electron chi connectivity index (χ1n) is 24.1. The molecule has 22 nitrogen and oxygen atoms in total. The van der Waals surface area contributed by atoms with Crippen LogP contribution in [0.15, 0.2) is 0 Å². The van der Waals surface area contributed by atoms with Crippen molar-refractivity contribution in [1.29, 1.82) is 0 Å². The molecule has 0 saturated carbocycles. The van der Waals surface area contributed by atoms with Crippen molar-refractivity contribution >= 4 is 11.6 Å². The van der Waals surface area contributed by atoms with E-state index in [2.05, 4.69) is 27.7 Å². The average molecular weight is 1050 g/mol. The number of nitrogens with two attached hydrogens (primary N) is 1. The third kappa shape index (κ3) is 64.0. The maximum Gasteiger partial charge on any atom is 1.00 e. The molecule has 418 valence electrons. The van der Waals surface area contributed by atoms with Crippen molar-refractivity contribution in [2.45, 2.75) is 90.0 Å². The van der Waals surface area contributed by atoms with E-state index in [1.807, 2.05) is 0 Å². The van der Waals surface area contributed by atoms with Crippen molar-refractivity contribution in [3.05, 3.63) is 16.0 Å². The minimum Gasteiger partial charge on any atom is -0.382 e. The molecule has 70 heavy (non-hydrogen) atoms. The van der Waals surface area contributed by atoms with Gasteiger partial charge < -0.3 is 102 Å². The second kappa shape index (κ2) is 70.9. The van der Waals surface area contributed by atoms with Crippen LogP contribution in [0.2, 0.25) is 0 Å². The van der Waals surface area contributed by atoms with Crippen LogP contribution in [0.5, 0.6) is 0 Å². The molecule has 0 aromatic heterocycles. The van der Waals surface area contributed by atoms with Gasteiger partial charge in [0.05, 0.1) is 201 Å². The van der Waals surface area contributed by atoms with Crippen LogP contribution in [0.25, 0.3) is 16.0 Å². The SMILES string of the molecule is CCC(COC)OC(CC)COCCOCCOCCOC.CCC(COCCOCCOCCOC)OC(CCl)COC.CCC(COCCOCCOCCOC)OC(CN)COC.[N-]=[N+]=[N-].[Na+]. The molecule has 6 atom stereocenters. The van der Waals surface area contributed by atoms with Gasteiger partial charge in [0.25, 0.3) is 0 Å². The molecule has 6 unspecified atom stereocenters. The van der Waals surface area contributed by atoms with Crippen molar-refractivity contribution in [2.75, 3.05) is 214 Å². The molecular formula is C46H98ClN4NaO18. The summed E-state index contributed by atoms with van der Waals surface area (Å²) in [6.45, 7) is 22.3. The van der Waals surface area contributed by atoms with Gasteiger partial charge in [0.2, 0.25) is 0 Å². The normalized spacial score (nSPS) is 13.5. The van der Waals surface area contributed by atoms with Crippen LogP contribution >= 0.6 is 11.6 Å². The Kier molecular flexibility index (Phi) is 79.8. The molecule has 2 N–H and O–H groups in total. The third-order valence-corrected chi connectivity index (χ3v) is 9.25. The first-order chi connectivity index (χ1) is 33.7. The van der Waals surface area contributed by atoms with E-state index in [-0.39, 0.29) is 66.2 Å². The Morgan fingerprint density at radius 2 is 0.557 bits per heavy atom. The second-order valence-corrected chi connectivity index (χ2v) is 14.8. The first-order valence-corrected chi connectivity index (χ1v) is 24.6. The van der Waals surface area contributed by atoms with E-state index < -0.39 is 0 Å². The molecular weight excluding hydrogens is 955 g/mol. The molecule has 0 radical (unpaired) electrons. The van der Waals surface area contributed by atoms with Crippen LogP contribution in [0.4, 0.5) is 0 Å². The number of hydrogen-bond donors (Lipinski definition) is 1. The number of methoxy groups -OCH3 is 6. The number of hydrogen-bond acceptors (Lipinski definition) is 19. The Morgan fingerprint density at radius 1 is 0.343 bits per heavy atom. The quantitative estimate of drug-likeness (QED) is 0.0228. The fourth-order valence-corrected chi connectivity index (χ4v) is 5.22. The van der Waals surface area contributed by atoms with E-state index in [9.17, 15) is 0 Å². The maximum absolute atomic E-state index is 6.75. The van der Waals surface area contributed by atoms with Gasteiger partial charge in [-0.25, -0.2) is 0 Å². The summed E-state index contributed by atoms with van der Waals surface area (Å²) in [6.07, 6.45) is 3.72. The Bertz CT molecular complexity index is 866. The zero-order valence-corrected chi connectivity index (χ0v) is 48.1. The zero-order chi connectivity index (χ0) is 52.1. The second-order valence-electron chi connectivity index (χ2n) is 14.5. The minimum absolute atomic E-state index is 0. The van der Waals surface area contributed by atoms with Gasteiger partial charge in [-0.1, -0.05) is 27.7 Å². The fraction of sp³-hybridized carbons (Fsp3) is 1.00. The van der Waals surface area contributed by atoms with E-state index in [4.69, 9.17) is 114 Å². The summed E-state index contributed by atoms with van der Waals surface area (Å²) in [4.78, 5) is 1.50. The summed E-state index contributed by atoms with van der Waals surface area (Å²) in [5.41, 5.74) is 19.1. The van der Waals surface area contributed by atoms with E-state index in [0.717, 1.165) is 25.7 Å². The van der Waals surface area contributed by atoms with Crippen LogP contribution in [-0.2, 0) is 85.3 Å². The van der Waals surface area contributed by atoms with Gasteiger partial charge >= 0.3 is 29.6 Å². The zero-order valence-electron chi connectivity index (χ0n) is 45.3. The number of nitrogens with zero attached hydrogens (tertiary/aromatic N) is 3. The van der Waals surface area contributed by atoms with Crippen LogP contribution < -0.4 is 35.3 Å². The third-order valence-electron chi connectivity index (χ3n) is 8.91. The molecule has 0 aliphatic heterocycles. The molecule has 0 bridgehead atoms. The number of halogens is 1. The van der Waals surface area contributed by atoms with Gasteiger partial charge in [0.1, 0.15) is 0 Å². The monoisotopic (exact) mass is 1050 g/mol. The molecule has 0 aliphatic rings. The van der Waals surface area contributed by atoms with Crippen molar-refractivity contribution in [1.82, 2.24) is 0 Å². The molecule has 0 aromatic rings. The van der Waals surface area contributed by atoms with Crippen molar-refractivity contribution in [3.63, 3.8) is 0 Å². The topological polar surface area (TPSA) is 251 Å². The molecule has 0 spiro atoms. The summed E-state index contributed by atoms with van der Waals surface area (Å²) < 4.78 is 96.3. The summed E-state index contributed by atoms with van der Waals surface area (Å²) >= 11 is 5.83. The molecule has 0 fully saturated rings. The summed E-state index contributed by atoms with van der Waals surface area (Å²) in [6, 6.07) is 0. The van der Waals surface area contributed by atoms with E-state index >= 15 is 0 Å². The maximum atomic E-state index is 6.75. The summed E-state index contributed by atoms with van der Waals surface area (Å²) in [7, 11) is 9.92. The number of ether oxygens (including phenoxy) is 18. The largest absolute Gasteiger partial charge is 1.00 e. The Hall–Kier alpha value is -0.160. The van der Waals surface area contributed by atoms with Gasteiger partial charge in [-0.2, -0.15) is 0 Å². The van der Waals surface area contributed by atoms with Crippen molar-refractivity contribution in [2.24, 2.45) is 5.73 Å². The molecule has 0 amide bonds. The summed E-state index contributed by atoms with van der Waals surface area (Å²) in [5.74, 6) is 0.413. The van der Waals surface area contributed by atoms with Gasteiger partial charge in [0, 0.05) is 49.2 Å². The van der Waals surface area contributed by atoms with E-state index in [1.54, 1.807) is 42.7 Å². The Morgan fingerprint density at radius 3 is 0.800 bits per heavy atom. The molecule has 0 rings (SSSR count). The fourth-order valence-electron chi connectivity index (χ4n) is 5.06. The van der Waals surface area contributed by atoms with Gasteiger partial charge in [-0.05, 0) is 25.7 Å².